The summed E-state index contributed by atoms with van der Waals surface area (Å²) in [6, 6.07) is 5.05. The maximum absolute atomic E-state index is 11.9. The first-order valence-electron chi connectivity index (χ1n) is 9.29. The maximum atomic E-state index is 11.9. The fourth-order valence-corrected chi connectivity index (χ4v) is 3.21. The molecule has 0 unspecified atom stereocenters. The van der Waals surface area contributed by atoms with Crippen molar-refractivity contribution in [2.24, 2.45) is 5.92 Å². The number of carboxylic acid groups (broad SMARTS) is 1. The van der Waals surface area contributed by atoms with E-state index in [0.29, 0.717) is 29.4 Å². The van der Waals surface area contributed by atoms with Gasteiger partial charge in [-0.25, -0.2) is 9.59 Å². The van der Waals surface area contributed by atoms with Crippen molar-refractivity contribution < 1.29 is 24.2 Å². The number of hydrogen-bond donors (Lipinski definition) is 1. The third-order valence-corrected chi connectivity index (χ3v) is 4.66. The van der Waals surface area contributed by atoms with Crippen LogP contribution in [0, 0.1) is 12.8 Å². The maximum Gasteiger partial charge on any atom is 0.410 e. The minimum absolute atomic E-state index is 0.0782. The highest BCUT2D eigenvalue weighted by atomic mass is 16.6. The molecule has 0 aromatic heterocycles. The van der Waals surface area contributed by atoms with E-state index in [1.807, 2.05) is 13.8 Å². The number of aryl methyl sites for hydroxylation is 1. The number of carbonyl (C=O) groups excluding carboxylic acids is 1. The van der Waals surface area contributed by atoms with Gasteiger partial charge in [-0.05, 0) is 76.1 Å². The van der Waals surface area contributed by atoms with Crippen LogP contribution in [0.3, 0.4) is 0 Å². The van der Waals surface area contributed by atoms with Crippen molar-refractivity contribution in [2.45, 2.75) is 52.6 Å². The van der Waals surface area contributed by atoms with Crippen molar-refractivity contribution in [1.29, 1.82) is 0 Å². The number of carbonyl (C=O) groups is 2. The zero-order chi connectivity index (χ0) is 19.1. The second kappa shape index (κ2) is 9.46. The van der Waals surface area contributed by atoms with Crippen LogP contribution in [-0.4, -0.2) is 47.9 Å². The van der Waals surface area contributed by atoms with Gasteiger partial charge in [-0.3, -0.25) is 0 Å². The van der Waals surface area contributed by atoms with E-state index in [2.05, 4.69) is 0 Å². The molecule has 0 atom stereocenters. The van der Waals surface area contributed by atoms with Crippen molar-refractivity contribution in [2.75, 3.05) is 19.7 Å². The lowest BCUT2D eigenvalue weighted by molar-refractivity contribution is 0.0641. The predicted octanol–water partition coefficient (Wildman–Crippen LogP) is 4.11. The SMILES string of the molecule is Cc1cc(OCCCC2CCN(C(=O)OC(C)C)CC2)ccc1C(=O)O. The number of carboxylic acids is 1. The van der Waals surface area contributed by atoms with Crippen LogP contribution in [0.1, 0.15) is 55.5 Å². The van der Waals surface area contributed by atoms with E-state index in [4.69, 9.17) is 14.6 Å². The van der Waals surface area contributed by atoms with Gasteiger partial charge in [-0.2, -0.15) is 0 Å². The number of aromatic carboxylic acids is 1. The van der Waals surface area contributed by atoms with Gasteiger partial charge in [0.05, 0.1) is 18.3 Å². The Morgan fingerprint density at radius 2 is 1.96 bits per heavy atom. The molecule has 1 amide bonds. The molecule has 0 aliphatic carbocycles. The normalized spacial score (nSPS) is 15.2. The van der Waals surface area contributed by atoms with Crippen LogP contribution < -0.4 is 4.74 Å². The Hall–Kier alpha value is -2.24. The van der Waals surface area contributed by atoms with Gasteiger partial charge in [-0.1, -0.05) is 0 Å². The summed E-state index contributed by atoms with van der Waals surface area (Å²) in [5.74, 6) is 0.397. The van der Waals surface area contributed by atoms with Gasteiger partial charge in [0.15, 0.2) is 0 Å². The molecule has 144 valence electrons. The van der Waals surface area contributed by atoms with Crippen LogP contribution in [0.2, 0.25) is 0 Å². The monoisotopic (exact) mass is 363 g/mol. The summed E-state index contributed by atoms with van der Waals surface area (Å²) in [7, 11) is 0. The van der Waals surface area contributed by atoms with Crippen molar-refractivity contribution in [3.63, 3.8) is 0 Å². The number of benzene rings is 1. The van der Waals surface area contributed by atoms with Crippen LogP contribution in [0.4, 0.5) is 4.79 Å². The van der Waals surface area contributed by atoms with Crippen molar-refractivity contribution in [3.05, 3.63) is 29.3 Å². The molecule has 26 heavy (non-hydrogen) atoms. The summed E-state index contributed by atoms with van der Waals surface area (Å²) in [5, 5.41) is 9.04. The molecular weight excluding hydrogens is 334 g/mol. The van der Waals surface area contributed by atoms with E-state index in [1.165, 1.54) is 0 Å². The summed E-state index contributed by atoms with van der Waals surface area (Å²) >= 11 is 0. The fraction of sp³-hybridized carbons (Fsp3) is 0.600. The second-order valence-electron chi connectivity index (χ2n) is 7.14. The number of piperidine rings is 1. The summed E-state index contributed by atoms with van der Waals surface area (Å²) in [4.78, 5) is 24.7. The number of likely N-dealkylation sites (tertiary alicyclic amines) is 1. The smallest absolute Gasteiger partial charge is 0.410 e. The zero-order valence-electron chi connectivity index (χ0n) is 15.9. The van der Waals surface area contributed by atoms with Gasteiger partial charge in [0.1, 0.15) is 5.75 Å². The third kappa shape index (κ3) is 5.93. The van der Waals surface area contributed by atoms with E-state index >= 15 is 0 Å². The zero-order valence-corrected chi connectivity index (χ0v) is 15.9. The van der Waals surface area contributed by atoms with Gasteiger partial charge in [0.25, 0.3) is 0 Å². The van der Waals surface area contributed by atoms with Crippen LogP contribution in [0.25, 0.3) is 0 Å². The highest BCUT2D eigenvalue weighted by Crippen LogP contribution is 2.23. The van der Waals surface area contributed by atoms with Crippen LogP contribution in [0.5, 0.6) is 5.75 Å². The number of rotatable bonds is 7. The average molecular weight is 363 g/mol. The van der Waals surface area contributed by atoms with E-state index in [1.54, 1.807) is 30.0 Å². The summed E-state index contributed by atoms with van der Waals surface area (Å²) < 4.78 is 11.0. The largest absolute Gasteiger partial charge is 0.494 e. The molecule has 1 N–H and O–H groups in total. The topological polar surface area (TPSA) is 76.1 Å². The van der Waals surface area contributed by atoms with Crippen LogP contribution >= 0.6 is 0 Å². The molecule has 0 saturated carbocycles. The highest BCUT2D eigenvalue weighted by Gasteiger charge is 2.24. The lowest BCUT2D eigenvalue weighted by atomic mass is 9.92. The first-order valence-corrected chi connectivity index (χ1v) is 9.29. The second-order valence-corrected chi connectivity index (χ2v) is 7.14. The standard InChI is InChI=1S/C20H29NO5/c1-14(2)26-20(24)21-10-8-16(9-11-21)5-4-12-25-17-6-7-18(19(22)23)15(3)13-17/h6-7,13-14,16H,4-5,8-12H2,1-3H3,(H,22,23). The van der Waals surface area contributed by atoms with Crippen LogP contribution in [0.15, 0.2) is 18.2 Å². The van der Waals surface area contributed by atoms with Gasteiger partial charge in [-0.15, -0.1) is 0 Å². The Morgan fingerprint density at radius 1 is 1.27 bits per heavy atom. The van der Waals surface area contributed by atoms with Gasteiger partial charge >= 0.3 is 12.1 Å². The van der Waals surface area contributed by atoms with Crippen LogP contribution in [-0.2, 0) is 4.74 Å². The molecule has 1 heterocycles. The number of nitrogens with zero attached hydrogens (tertiary/aromatic N) is 1. The molecule has 1 saturated heterocycles. The number of ether oxygens (including phenoxy) is 2. The molecule has 1 aromatic rings. The molecule has 6 heteroatoms. The lowest BCUT2D eigenvalue weighted by Gasteiger charge is -2.31. The Labute approximate surface area is 155 Å². The minimum atomic E-state index is -0.919. The quantitative estimate of drug-likeness (QED) is 0.738. The Bertz CT molecular complexity index is 621. The van der Waals surface area contributed by atoms with Crippen molar-refractivity contribution in [3.8, 4) is 5.75 Å². The molecular formula is C20H29NO5. The molecule has 1 fully saturated rings. The first kappa shape index (κ1) is 20.1. The Morgan fingerprint density at radius 3 is 2.54 bits per heavy atom. The predicted molar refractivity (Wildman–Crippen MR) is 98.8 cm³/mol. The van der Waals surface area contributed by atoms with E-state index in [-0.39, 0.29) is 12.2 Å². The number of hydrogen-bond acceptors (Lipinski definition) is 4. The Kier molecular flexibility index (Phi) is 7.30. The fourth-order valence-electron chi connectivity index (χ4n) is 3.21. The van der Waals surface area contributed by atoms with Gasteiger partial charge in [0.2, 0.25) is 0 Å². The first-order chi connectivity index (χ1) is 12.4. The molecule has 1 aliphatic heterocycles. The van der Waals surface area contributed by atoms with E-state index in [9.17, 15) is 9.59 Å². The average Bonchev–Trinajstić information content (AvgIpc) is 2.58. The van der Waals surface area contributed by atoms with E-state index in [0.717, 1.165) is 38.8 Å². The van der Waals surface area contributed by atoms with Crippen molar-refractivity contribution in [1.82, 2.24) is 4.90 Å². The molecule has 2 rings (SSSR count). The van der Waals surface area contributed by atoms with Gasteiger partial charge in [0, 0.05) is 13.1 Å². The summed E-state index contributed by atoms with van der Waals surface area (Å²) in [5.41, 5.74) is 1.01. The lowest BCUT2D eigenvalue weighted by Crippen LogP contribution is -2.39. The molecule has 1 aromatic carbocycles. The Balaban J connectivity index is 1.66. The summed E-state index contributed by atoms with van der Waals surface area (Å²) in [6.45, 7) is 7.62. The molecule has 6 nitrogen and oxygen atoms in total. The highest BCUT2D eigenvalue weighted by molar-refractivity contribution is 5.89. The molecule has 0 spiro atoms. The van der Waals surface area contributed by atoms with Crippen molar-refractivity contribution >= 4 is 12.1 Å². The summed E-state index contributed by atoms with van der Waals surface area (Å²) in [6.07, 6.45) is 3.73. The van der Waals surface area contributed by atoms with E-state index < -0.39 is 5.97 Å². The van der Waals surface area contributed by atoms with Gasteiger partial charge < -0.3 is 19.5 Å². The molecule has 0 radical (unpaired) electrons. The minimum Gasteiger partial charge on any atom is -0.494 e. The molecule has 0 bridgehead atoms. The third-order valence-electron chi connectivity index (χ3n) is 4.66. The number of amides is 1. The molecule has 1 aliphatic rings.